The predicted octanol–water partition coefficient (Wildman–Crippen LogP) is 2.08. The fourth-order valence-corrected chi connectivity index (χ4v) is 2.56. The molecule has 2 atom stereocenters. The van der Waals surface area contributed by atoms with Crippen LogP contribution in [0.15, 0.2) is 24.3 Å². The maximum Gasteiger partial charge on any atom is 0.0981 e. The second kappa shape index (κ2) is 4.52. The van der Waals surface area contributed by atoms with Crippen LogP contribution in [0.3, 0.4) is 0 Å². The molecule has 0 spiro atoms. The predicted molar refractivity (Wildman–Crippen MR) is 62.5 cm³/mol. The summed E-state index contributed by atoms with van der Waals surface area (Å²) in [7, 11) is 0. The number of fused-ring (bicyclic) bond motifs is 3. The normalized spacial score (nSPS) is 28.5. The minimum atomic E-state index is 0. The summed E-state index contributed by atoms with van der Waals surface area (Å²) in [4.78, 5) is 0. The number of hydrogen-bond acceptors (Lipinski definition) is 2. The Balaban J connectivity index is 0.000000853. The van der Waals surface area contributed by atoms with E-state index in [2.05, 4.69) is 29.6 Å². The molecule has 15 heavy (non-hydrogen) atoms. The van der Waals surface area contributed by atoms with Gasteiger partial charge in [0, 0.05) is 12.6 Å². The largest absolute Gasteiger partial charge is 0.371 e. The second-order valence-corrected chi connectivity index (χ2v) is 4.09. The minimum Gasteiger partial charge on any atom is -0.371 e. The third-order valence-electron chi connectivity index (χ3n) is 3.26. The van der Waals surface area contributed by atoms with E-state index in [0.29, 0.717) is 12.1 Å². The van der Waals surface area contributed by atoms with Gasteiger partial charge in [-0.2, -0.15) is 0 Å². The lowest BCUT2D eigenvalue weighted by Crippen LogP contribution is -2.45. The van der Waals surface area contributed by atoms with E-state index in [-0.39, 0.29) is 12.4 Å². The fraction of sp³-hybridized carbons (Fsp3) is 0.500. The highest BCUT2D eigenvalue weighted by Gasteiger charge is 2.31. The highest BCUT2D eigenvalue weighted by Crippen LogP contribution is 2.33. The van der Waals surface area contributed by atoms with Gasteiger partial charge in [0.1, 0.15) is 0 Å². The fourth-order valence-electron chi connectivity index (χ4n) is 2.56. The Kier molecular flexibility index (Phi) is 3.29. The third kappa shape index (κ3) is 1.89. The van der Waals surface area contributed by atoms with Gasteiger partial charge in [-0.05, 0) is 24.0 Å². The first kappa shape index (κ1) is 10.9. The van der Waals surface area contributed by atoms with Gasteiger partial charge >= 0.3 is 0 Å². The first-order valence-corrected chi connectivity index (χ1v) is 5.38. The Morgan fingerprint density at radius 1 is 1.27 bits per heavy atom. The Labute approximate surface area is 96.4 Å². The van der Waals surface area contributed by atoms with E-state index in [4.69, 9.17) is 4.74 Å². The molecule has 1 aromatic carbocycles. The minimum absolute atomic E-state index is 0. The molecule has 1 aromatic rings. The average molecular weight is 226 g/mol. The van der Waals surface area contributed by atoms with Crippen LogP contribution in [-0.4, -0.2) is 19.2 Å². The third-order valence-corrected chi connectivity index (χ3v) is 3.26. The number of halogens is 1. The van der Waals surface area contributed by atoms with Crippen molar-refractivity contribution in [1.29, 1.82) is 0 Å². The summed E-state index contributed by atoms with van der Waals surface area (Å²) in [6, 6.07) is 9.20. The molecule has 1 fully saturated rings. The molecule has 1 aliphatic carbocycles. The first-order chi connectivity index (χ1) is 6.95. The van der Waals surface area contributed by atoms with Gasteiger partial charge in [-0.15, -0.1) is 12.4 Å². The van der Waals surface area contributed by atoms with Crippen molar-refractivity contribution in [3.05, 3.63) is 35.4 Å². The number of rotatable bonds is 0. The van der Waals surface area contributed by atoms with Gasteiger partial charge in [0.25, 0.3) is 0 Å². The van der Waals surface area contributed by atoms with Crippen LogP contribution in [0, 0.1) is 0 Å². The molecule has 2 nitrogen and oxygen atoms in total. The molecular formula is C12H16ClNO. The average Bonchev–Trinajstić information content (AvgIpc) is 2.29. The standard InChI is InChI=1S/C12H15NO.ClH/c1-2-4-10-9(3-1)5-6-11-12(10)14-8-7-13-11;/h1-4,11-13H,5-8H2;1H/t11-,12-;/m1./s1. The molecular weight excluding hydrogens is 210 g/mol. The lowest BCUT2D eigenvalue weighted by Gasteiger charge is -2.37. The van der Waals surface area contributed by atoms with Crippen molar-refractivity contribution in [2.75, 3.05) is 13.2 Å². The summed E-state index contributed by atoms with van der Waals surface area (Å²) in [5.41, 5.74) is 2.87. The van der Waals surface area contributed by atoms with Crippen LogP contribution in [0.1, 0.15) is 23.7 Å². The van der Waals surface area contributed by atoms with E-state index in [1.807, 2.05) is 0 Å². The number of ether oxygens (including phenoxy) is 1. The smallest absolute Gasteiger partial charge is 0.0981 e. The molecule has 0 unspecified atom stereocenters. The molecule has 82 valence electrons. The first-order valence-electron chi connectivity index (χ1n) is 5.38. The van der Waals surface area contributed by atoms with Crippen molar-refractivity contribution < 1.29 is 4.74 Å². The van der Waals surface area contributed by atoms with Crippen LogP contribution in [0.4, 0.5) is 0 Å². The molecule has 0 aromatic heterocycles. The molecule has 3 rings (SSSR count). The number of aryl methyl sites for hydroxylation is 1. The highest BCUT2D eigenvalue weighted by atomic mass is 35.5. The number of morpholine rings is 1. The van der Waals surface area contributed by atoms with Crippen molar-refractivity contribution in [3.63, 3.8) is 0 Å². The number of hydrogen-bond donors (Lipinski definition) is 1. The van der Waals surface area contributed by atoms with Crippen LogP contribution in [0.5, 0.6) is 0 Å². The molecule has 1 saturated heterocycles. The van der Waals surface area contributed by atoms with E-state index in [1.165, 1.54) is 24.0 Å². The molecule has 0 radical (unpaired) electrons. The second-order valence-electron chi connectivity index (χ2n) is 4.09. The van der Waals surface area contributed by atoms with E-state index < -0.39 is 0 Å². The molecule has 0 bridgehead atoms. The summed E-state index contributed by atoms with van der Waals surface area (Å²) in [6.07, 6.45) is 2.70. The van der Waals surface area contributed by atoms with Gasteiger partial charge in [-0.25, -0.2) is 0 Å². The van der Waals surface area contributed by atoms with Gasteiger partial charge in [-0.1, -0.05) is 24.3 Å². The molecule has 0 amide bonds. The van der Waals surface area contributed by atoms with E-state index in [1.54, 1.807) is 0 Å². The Morgan fingerprint density at radius 2 is 2.13 bits per heavy atom. The molecule has 3 heteroatoms. The van der Waals surface area contributed by atoms with Crippen molar-refractivity contribution in [2.45, 2.75) is 25.0 Å². The lowest BCUT2D eigenvalue weighted by molar-refractivity contribution is -0.0127. The quantitative estimate of drug-likeness (QED) is 0.730. The zero-order chi connectivity index (χ0) is 9.38. The molecule has 0 saturated carbocycles. The zero-order valence-electron chi connectivity index (χ0n) is 8.61. The van der Waals surface area contributed by atoms with Crippen molar-refractivity contribution in [3.8, 4) is 0 Å². The van der Waals surface area contributed by atoms with E-state index in [0.717, 1.165) is 13.2 Å². The van der Waals surface area contributed by atoms with Gasteiger partial charge < -0.3 is 10.1 Å². The van der Waals surface area contributed by atoms with Crippen LogP contribution in [0.25, 0.3) is 0 Å². The van der Waals surface area contributed by atoms with Crippen LogP contribution < -0.4 is 5.32 Å². The molecule has 1 N–H and O–H groups in total. The Hall–Kier alpha value is -0.570. The van der Waals surface area contributed by atoms with Crippen molar-refractivity contribution in [1.82, 2.24) is 5.32 Å². The van der Waals surface area contributed by atoms with Gasteiger partial charge in [0.05, 0.1) is 12.7 Å². The highest BCUT2D eigenvalue weighted by molar-refractivity contribution is 5.85. The topological polar surface area (TPSA) is 21.3 Å². The summed E-state index contributed by atoms with van der Waals surface area (Å²) >= 11 is 0. The van der Waals surface area contributed by atoms with E-state index >= 15 is 0 Å². The van der Waals surface area contributed by atoms with Gasteiger partial charge in [-0.3, -0.25) is 0 Å². The zero-order valence-corrected chi connectivity index (χ0v) is 9.43. The number of nitrogens with one attached hydrogen (secondary N) is 1. The summed E-state index contributed by atoms with van der Waals surface area (Å²) in [6.45, 7) is 1.85. The van der Waals surface area contributed by atoms with Crippen LogP contribution >= 0.6 is 12.4 Å². The Bertz CT molecular complexity index is 342. The van der Waals surface area contributed by atoms with E-state index in [9.17, 15) is 0 Å². The monoisotopic (exact) mass is 225 g/mol. The maximum absolute atomic E-state index is 5.85. The SMILES string of the molecule is Cl.c1ccc2c(c1)CC[C@H]1NCCO[C@H]21. The van der Waals surface area contributed by atoms with Crippen molar-refractivity contribution in [2.24, 2.45) is 0 Å². The van der Waals surface area contributed by atoms with Crippen LogP contribution in [-0.2, 0) is 11.2 Å². The summed E-state index contributed by atoms with van der Waals surface area (Å²) < 4.78 is 5.85. The maximum atomic E-state index is 5.85. The molecule has 1 heterocycles. The van der Waals surface area contributed by atoms with Crippen LogP contribution in [0.2, 0.25) is 0 Å². The summed E-state index contributed by atoms with van der Waals surface area (Å²) in [5, 5.41) is 3.54. The van der Waals surface area contributed by atoms with Gasteiger partial charge in [0.2, 0.25) is 0 Å². The lowest BCUT2D eigenvalue weighted by atomic mass is 9.85. The molecule has 2 aliphatic rings. The summed E-state index contributed by atoms with van der Waals surface area (Å²) in [5.74, 6) is 0. The van der Waals surface area contributed by atoms with Crippen molar-refractivity contribution >= 4 is 12.4 Å². The number of benzene rings is 1. The Morgan fingerprint density at radius 3 is 3.07 bits per heavy atom. The molecule has 1 aliphatic heterocycles. The van der Waals surface area contributed by atoms with Gasteiger partial charge in [0.15, 0.2) is 0 Å².